The Balaban J connectivity index is 2.88. The first-order valence-electron chi connectivity index (χ1n) is 6.45. The Morgan fingerprint density at radius 2 is 1.72 bits per heavy atom. The van der Waals surface area contributed by atoms with E-state index in [1.165, 1.54) is 12.1 Å². The zero-order valence-electron chi connectivity index (χ0n) is 11.3. The van der Waals surface area contributed by atoms with Crippen LogP contribution in [-0.2, 0) is 11.5 Å². The minimum Gasteiger partial charge on any atom is -0.166 e. The van der Waals surface area contributed by atoms with E-state index in [9.17, 15) is 13.2 Å². The molecule has 1 aromatic rings. The van der Waals surface area contributed by atoms with E-state index in [2.05, 4.69) is 6.92 Å². The highest BCUT2D eigenvalue weighted by molar-refractivity contribution is 6.39. The molecule has 0 aliphatic carbocycles. The normalized spacial score (nSPS) is 12.6. The average molecular weight is 256 g/mol. The minimum atomic E-state index is -4.25. The van der Waals surface area contributed by atoms with Gasteiger partial charge >= 0.3 is 6.18 Å². The number of benzene rings is 1. The average Bonchev–Trinajstić information content (AvgIpc) is 2.28. The van der Waals surface area contributed by atoms with Crippen molar-refractivity contribution in [2.24, 2.45) is 0 Å². The zero-order chi connectivity index (χ0) is 13.8. The van der Waals surface area contributed by atoms with Gasteiger partial charge in [0.1, 0.15) is 7.28 Å². The molecule has 4 heteroatoms. The molecular weight excluding hydrogens is 236 g/mol. The molecule has 0 aliphatic heterocycles. The largest absolute Gasteiger partial charge is 0.416 e. The third-order valence-corrected chi connectivity index (χ3v) is 3.38. The minimum absolute atomic E-state index is 0.198. The van der Waals surface area contributed by atoms with Crippen LogP contribution < -0.4 is 0 Å². The number of alkyl halides is 3. The van der Waals surface area contributed by atoms with Gasteiger partial charge in [0.15, 0.2) is 0 Å². The van der Waals surface area contributed by atoms with E-state index in [1.54, 1.807) is 6.07 Å². The first kappa shape index (κ1) is 15.1. The van der Waals surface area contributed by atoms with Gasteiger partial charge in [0.25, 0.3) is 0 Å². The molecule has 0 aromatic heterocycles. The van der Waals surface area contributed by atoms with E-state index in [0.29, 0.717) is 0 Å². The molecule has 0 fully saturated rings. The molecule has 1 aromatic carbocycles. The third-order valence-electron chi connectivity index (χ3n) is 3.38. The summed E-state index contributed by atoms with van der Waals surface area (Å²) >= 11 is 0. The lowest BCUT2D eigenvalue weighted by Crippen LogP contribution is -2.26. The van der Waals surface area contributed by atoms with Gasteiger partial charge in [-0.2, -0.15) is 13.2 Å². The van der Waals surface area contributed by atoms with Crippen molar-refractivity contribution in [3.63, 3.8) is 0 Å². The number of unbranched alkanes of at least 4 members (excludes halogenated alkanes) is 1. The fourth-order valence-electron chi connectivity index (χ4n) is 2.08. The van der Waals surface area contributed by atoms with E-state index in [0.717, 1.165) is 38.1 Å². The standard InChI is InChI=1S/C14H20BF3/c1-4-5-9-15-13(2,3)11-7-6-8-12(10-11)14(16,17)18/h6-8,10,15H,4-5,9H2,1-3H3. The van der Waals surface area contributed by atoms with Crippen LogP contribution in [0.3, 0.4) is 0 Å². The summed E-state index contributed by atoms with van der Waals surface area (Å²) in [6.07, 6.45) is -0.948. The summed E-state index contributed by atoms with van der Waals surface area (Å²) < 4.78 is 38.0. The Morgan fingerprint density at radius 3 is 2.28 bits per heavy atom. The number of halogens is 3. The van der Waals surface area contributed by atoms with Crippen molar-refractivity contribution in [2.45, 2.75) is 51.4 Å². The van der Waals surface area contributed by atoms with Crippen LogP contribution in [0.15, 0.2) is 24.3 Å². The van der Waals surface area contributed by atoms with Gasteiger partial charge in [-0.15, -0.1) is 0 Å². The number of rotatable bonds is 5. The maximum Gasteiger partial charge on any atom is 0.416 e. The van der Waals surface area contributed by atoms with E-state index in [1.807, 2.05) is 13.8 Å². The highest BCUT2D eigenvalue weighted by Crippen LogP contribution is 2.32. The van der Waals surface area contributed by atoms with Crippen molar-refractivity contribution in [2.75, 3.05) is 0 Å². The summed E-state index contributed by atoms with van der Waals surface area (Å²) in [7, 11) is 0.919. The predicted octanol–water partition coefficient (Wildman–Crippen LogP) is 4.60. The van der Waals surface area contributed by atoms with Gasteiger partial charge in [-0.1, -0.05) is 58.1 Å². The van der Waals surface area contributed by atoms with Crippen LogP contribution in [0.1, 0.15) is 44.7 Å². The van der Waals surface area contributed by atoms with Crippen LogP contribution in [0.4, 0.5) is 13.2 Å². The fourth-order valence-corrected chi connectivity index (χ4v) is 2.08. The number of hydrogen-bond acceptors (Lipinski definition) is 0. The molecule has 1 rings (SSSR count). The smallest absolute Gasteiger partial charge is 0.166 e. The molecule has 0 atom stereocenters. The maximum absolute atomic E-state index is 12.7. The molecular formula is C14H20BF3. The maximum atomic E-state index is 12.7. The highest BCUT2D eigenvalue weighted by atomic mass is 19.4. The molecule has 18 heavy (non-hydrogen) atoms. The highest BCUT2D eigenvalue weighted by Gasteiger charge is 2.32. The number of hydrogen-bond donors (Lipinski definition) is 0. The fraction of sp³-hybridized carbons (Fsp3) is 0.571. The molecule has 0 saturated carbocycles. The molecule has 0 spiro atoms. The summed E-state index contributed by atoms with van der Waals surface area (Å²) in [5, 5.41) is -0.198. The molecule has 0 radical (unpaired) electrons. The van der Waals surface area contributed by atoms with Crippen LogP contribution in [0.5, 0.6) is 0 Å². The monoisotopic (exact) mass is 256 g/mol. The zero-order valence-corrected chi connectivity index (χ0v) is 11.3. The molecule has 0 saturated heterocycles. The summed E-state index contributed by atoms with van der Waals surface area (Å²) in [6.45, 7) is 6.15. The van der Waals surface area contributed by atoms with Gasteiger partial charge < -0.3 is 0 Å². The van der Waals surface area contributed by atoms with Crippen LogP contribution in [0.25, 0.3) is 0 Å². The van der Waals surface area contributed by atoms with Gasteiger partial charge in [-0.05, 0) is 16.9 Å². The summed E-state index contributed by atoms with van der Waals surface area (Å²) in [5.74, 6) is 0. The van der Waals surface area contributed by atoms with Crippen LogP contribution in [-0.4, -0.2) is 7.28 Å². The van der Waals surface area contributed by atoms with Gasteiger partial charge in [-0.3, -0.25) is 0 Å². The molecule has 0 N–H and O–H groups in total. The van der Waals surface area contributed by atoms with Crippen molar-refractivity contribution in [3.05, 3.63) is 35.4 Å². The van der Waals surface area contributed by atoms with Crippen molar-refractivity contribution in [1.29, 1.82) is 0 Å². The Hall–Kier alpha value is -0.925. The lowest BCUT2D eigenvalue weighted by Gasteiger charge is -2.25. The van der Waals surface area contributed by atoms with Crippen LogP contribution >= 0.6 is 0 Å². The van der Waals surface area contributed by atoms with Crippen molar-refractivity contribution in [3.8, 4) is 0 Å². The van der Waals surface area contributed by atoms with Gasteiger partial charge in [0, 0.05) is 0 Å². The van der Waals surface area contributed by atoms with Crippen LogP contribution in [0.2, 0.25) is 6.32 Å². The van der Waals surface area contributed by atoms with Crippen LogP contribution in [0, 0.1) is 0 Å². The topological polar surface area (TPSA) is 0 Å². The van der Waals surface area contributed by atoms with E-state index >= 15 is 0 Å². The quantitative estimate of drug-likeness (QED) is 0.533. The molecule has 0 nitrogen and oxygen atoms in total. The van der Waals surface area contributed by atoms with Gasteiger partial charge in [-0.25, -0.2) is 0 Å². The van der Waals surface area contributed by atoms with E-state index < -0.39 is 11.7 Å². The Labute approximate surface area is 108 Å². The summed E-state index contributed by atoms with van der Waals surface area (Å²) in [4.78, 5) is 0. The van der Waals surface area contributed by atoms with Gasteiger partial charge in [0.2, 0.25) is 0 Å². The second-order valence-electron chi connectivity index (χ2n) is 5.42. The Kier molecular flexibility index (Phi) is 4.88. The first-order chi connectivity index (χ1) is 8.27. The van der Waals surface area contributed by atoms with Crippen molar-refractivity contribution in [1.82, 2.24) is 0 Å². The lowest BCUT2D eigenvalue weighted by molar-refractivity contribution is -0.137. The van der Waals surface area contributed by atoms with Gasteiger partial charge in [0.05, 0.1) is 5.56 Å². The lowest BCUT2D eigenvalue weighted by atomic mass is 9.49. The predicted molar refractivity (Wildman–Crippen MR) is 71.3 cm³/mol. The molecule has 0 unspecified atom stereocenters. The van der Waals surface area contributed by atoms with E-state index in [-0.39, 0.29) is 5.31 Å². The SMILES string of the molecule is CCCCBC(C)(C)c1cccc(C(F)(F)F)c1. The molecule has 0 aliphatic rings. The second-order valence-corrected chi connectivity index (χ2v) is 5.42. The van der Waals surface area contributed by atoms with Crippen molar-refractivity contribution >= 4 is 7.28 Å². The first-order valence-corrected chi connectivity index (χ1v) is 6.45. The van der Waals surface area contributed by atoms with Crippen molar-refractivity contribution < 1.29 is 13.2 Å². The molecule has 0 bridgehead atoms. The van der Waals surface area contributed by atoms with E-state index in [4.69, 9.17) is 0 Å². The second kappa shape index (κ2) is 5.81. The summed E-state index contributed by atoms with van der Waals surface area (Å²) in [5.41, 5.74) is 0.219. The Morgan fingerprint density at radius 1 is 1.11 bits per heavy atom. The molecule has 100 valence electrons. The third kappa shape index (κ3) is 4.07. The molecule has 0 amide bonds. The Bertz CT molecular complexity index is 383. The molecule has 0 heterocycles. The summed E-state index contributed by atoms with van der Waals surface area (Å²) in [6, 6.07) is 5.71.